The quantitative estimate of drug-likeness (QED) is 0.545. The SMILES string of the molecule is CC[C@H](C(=O)NC(C)(C)C)N(CCc1ccccc1)C(=O)COc1ccc(Br)c(C)c1. The zero-order valence-electron chi connectivity index (χ0n) is 19.1. The van der Waals surface area contributed by atoms with Crippen molar-refractivity contribution in [2.75, 3.05) is 13.2 Å². The van der Waals surface area contributed by atoms with Gasteiger partial charge in [-0.2, -0.15) is 0 Å². The van der Waals surface area contributed by atoms with Gasteiger partial charge in [0, 0.05) is 16.6 Å². The highest BCUT2D eigenvalue weighted by Gasteiger charge is 2.30. The van der Waals surface area contributed by atoms with Crippen molar-refractivity contribution in [1.29, 1.82) is 0 Å². The smallest absolute Gasteiger partial charge is 0.261 e. The van der Waals surface area contributed by atoms with Crippen LogP contribution in [0.4, 0.5) is 0 Å². The Hall–Kier alpha value is -2.34. The van der Waals surface area contributed by atoms with E-state index in [4.69, 9.17) is 4.74 Å². The molecule has 0 aliphatic carbocycles. The predicted molar refractivity (Wildman–Crippen MR) is 128 cm³/mol. The topological polar surface area (TPSA) is 58.6 Å². The van der Waals surface area contributed by atoms with Crippen LogP contribution in [0.1, 0.15) is 45.2 Å². The van der Waals surface area contributed by atoms with Crippen LogP contribution in [0, 0.1) is 6.92 Å². The number of rotatable bonds is 9. The highest BCUT2D eigenvalue weighted by Crippen LogP contribution is 2.22. The number of amides is 2. The fourth-order valence-electron chi connectivity index (χ4n) is 3.28. The Morgan fingerprint density at radius 3 is 2.39 bits per heavy atom. The number of carbonyl (C=O) groups excluding carboxylic acids is 2. The molecule has 0 fully saturated rings. The van der Waals surface area contributed by atoms with Gasteiger partial charge in [-0.3, -0.25) is 9.59 Å². The zero-order chi connectivity index (χ0) is 23.0. The van der Waals surface area contributed by atoms with Gasteiger partial charge in [0.05, 0.1) is 0 Å². The maximum atomic E-state index is 13.2. The number of nitrogens with zero attached hydrogens (tertiary/aromatic N) is 1. The molecular weight excluding hydrogens is 456 g/mol. The Bertz CT molecular complexity index is 878. The Morgan fingerprint density at radius 1 is 1.13 bits per heavy atom. The molecule has 0 saturated carbocycles. The minimum atomic E-state index is -0.550. The van der Waals surface area contributed by atoms with Crippen molar-refractivity contribution in [3.63, 3.8) is 0 Å². The van der Waals surface area contributed by atoms with Crippen LogP contribution in [0.25, 0.3) is 0 Å². The molecule has 2 rings (SSSR count). The second-order valence-corrected chi connectivity index (χ2v) is 9.54. The van der Waals surface area contributed by atoms with Crippen LogP contribution >= 0.6 is 15.9 Å². The third-order valence-electron chi connectivity index (χ3n) is 4.86. The fourth-order valence-corrected chi connectivity index (χ4v) is 3.53. The second kappa shape index (κ2) is 11.3. The Morgan fingerprint density at radius 2 is 1.81 bits per heavy atom. The lowest BCUT2D eigenvalue weighted by Gasteiger charge is -2.33. The lowest BCUT2D eigenvalue weighted by Crippen LogP contribution is -2.54. The van der Waals surface area contributed by atoms with Crippen molar-refractivity contribution < 1.29 is 14.3 Å². The van der Waals surface area contributed by atoms with Gasteiger partial charge in [-0.25, -0.2) is 0 Å². The van der Waals surface area contributed by atoms with Crippen LogP contribution in [0.15, 0.2) is 53.0 Å². The molecule has 0 aromatic heterocycles. The zero-order valence-corrected chi connectivity index (χ0v) is 20.7. The van der Waals surface area contributed by atoms with Gasteiger partial charge in [-0.1, -0.05) is 53.2 Å². The molecule has 2 amide bonds. The molecule has 0 saturated heterocycles. The first-order chi connectivity index (χ1) is 14.6. The Labute approximate surface area is 194 Å². The van der Waals surface area contributed by atoms with Crippen molar-refractivity contribution in [2.45, 2.75) is 59.0 Å². The third-order valence-corrected chi connectivity index (χ3v) is 5.75. The van der Waals surface area contributed by atoms with Crippen molar-refractivity contribution in [2.24, 2.45) is 0 Å². The number of aryl methyl sites for hydroxylation is 1. The van der Waals surface area contributed by atoms with E-state index in [9.17, 15) is 9.59 Å². The van der Waals surface area contributed by atoms with E-state index in [0.29, 0.717) is 25.1 Å². The molecule has 0 aliphatic rings. The maximum absolute atomic E-state index is 13.2. The molecule has 0 radical (unpaired) electrons. The fraction of sp³-hybridized carbons (Fsp3) is 0.440. The van der Waals surface area contributed by atoms with E-state index >= 15 is 0 Å². The highest BCUT2D eigenvalue weighted by atomic mass is 79.9. The molecule has 1 N–H and O–H groups in total. The van der Waals surface area contributed by atoms with Crippen molar-refractivity contribution >= 4 is 27.7 Å². The van der Waals surface area contributed by atoms with E-state index in [1.807, 2.05) is 83.1 Å². The molecule has 0 heterocycles. The Kier molecular flexibility index (Phi) is 9.11. The first kappa shape index (κ1) is 24.9. The van der Waals surface area contributed by atoms with E-state index in [1.54, 1.807) is 4.90 Å². The summed E-state index contributed by atoms with van der Waals surface area (Å²) in [6.07, 6.45) is 1.20. The van der Waals surface area contributed by atoms with Crippen LogP contribution in [0.5, 0.6) is 5.75 Å². The molecule has 6 heteroatoms. The summed E-state index contributed by atoms with van der Waals surface area (Å²) < 4.78 is 6.75. The van der Waals surface area contributed by atoms with E-state index < -0.39 is 6.04 Å². The molecule has 168 valence electrons. The van der Waals surface area contributed by atoms with Gasteiger partial charge in [-0.15, -0.1) is 0 Å². The van der Waals surface area contributed by atoms with Crippen molar-refractivity contribution in [3.8, 4) is 5.75 Å². The molecular formula is C25H33BrN2O3. The minimum absolute atomic E-state index is 0.116. The summed E-state index contributed by atoms with van der Waals surface area (Å²) in [5.74, 6) is 0.285. The number of carbonyl (C=O) groups is 2. The van der Waals surface area contributed by atoms with Crippen LogP contribution in [0.2, 0.25) is 0 Å². The van der Waals surface area contributed by atoms with E-state index in [0.717, 1.165) is 15.6 Å². The van der Waals surface area contributed by atoms with E-state index in [1.165, 1.54) is 0 Å². The highest BCUT2D eigenvalue weighted by molar-refractivity contribution is 9.10. The average Bonchev–Trinajstić information content (AvgIpc) is 2.71. The summed E-state index contributed by atoms with van der Waals surface area (Å²) in [6, 6.07) is 15.0. The van der Waals surface area contributed by atoms with Gasteiger partial charge in [-0.05, 0) is 69.9 Å². The van der Waals surface area contributed by atoms with E-state index in [2.05, 4.69) is 21.2 Å². The maximum Gasteiger partial charge on any atom is 0.261 e. The summed E-state index contributed by atoms with van der Waals surface area (Å²) in [6.45, 7) is 10.0. The van der Waals surface area contributed by atoms with Gasteiger partial charge in [0.15, 0.2) is 6.61 Å². The largest absolute Gasteiger partial charge is 0.484 e. The second-order valence-electron chi connectivity index (χ2n) is 8.69. The van der Waals surface area contributed by atoms with Crippen LogP contribution in [-0.2, 0) is 16.0 Å². The van der Waals surface area contributed by atoms with Crippen molar-refractivity contribution in [1.82, 2.24) is 10.2 Å². The molecule has 0 spiro atoms. The number of hydrogen-bond donors (Lipinski definition) is 1. The lowest BCUT2D eigenvalue weighted by molar-refractivity contribution is -0.142. The van der Waals surface area contributed by atoms with Gasteiger partial charge < -0.3 is 15.0 Å². The molecule has 0 bridgehead atoms. The van der Waals surface area contributed by atoms with Gasteiger partial charge in [0.2, 0.25) is 5.91 Å². The van der Waals surface area contributed by atoms with Crippen molar-refractivity contribution in [3.05, 3.63) is 64.1 Å². The molecule has 31 heavy (non-hydrogen) atoms. The Balaban J connectivity index is 2.16. The lowest BCUT2D eigenvalue weighted by atomic mass is 10.1. The van der Waals surface area contributed by atoms with Crippen LogP contribution in [0.3, 0.4) is 0 Å². The monoisotopic (exact) mass is 488 g/mol. The summed E-state index contributed by atoms with van der Waals surface area (Å²) in [7, 11) is 0. The van der Waals surface area contributed by atoms with Gasteiger partial charge >= 0.3 is 0 Å². The number of benzene rings is 2. The molecule has 2 aromatic carbocycles. The van der Waals surface area contributed by atoms with Gasteiger partial charge in [0.25, 0.3) is 5.91 Å². The first-order valence-electron chi connectivity index (χ1n) is 10.6. The number of halogens is 1. The molecule has 2 aromatic rings. The summed E-state index contributed by atoms with van der Waals surface area (Å²) in [5, 5.41) is 3.01. The van der Waals surface area contributed by atoms with Crippen LogP contribution in [-0.4, -0.2) is 41.4 Å². The predicted octanol–water partition coefficient (Wildman–Crippen LogP) is 4.90. The number of nitrogens with one attached hydrogen (secondary N) is 1. The van der Waals surface area contributed by atoms with E-state index in [-0.39, 0.29) is 24.0 Å². The summed E-state index contributed by atoms with van der Waals surface area (Å²) in [5.41, 5.74) is 1.78. The number of ether oxygens (including phenoxy) is 1. The third kappa shape index (κ3) is 8.02. The normalized spacial score (nSPS) is 12.2. The summed E-state index contributed by atoms with van der Waals surface area (Å²) in [4.78, 5) is 27.8. The number of hydrogen-bond acceptors (Lipinski definition) is 3. The summed E-state index contributed by atoms with van der Waals surface area (Å²) >= 11 is 3.47. The van der Waals surface area contributed by atoms with Crippen LogP contribution < -0.4 is 10.1 Å². The molecule has 5 nitrogen and oxygen atoms in total. The molecule has 0 aliphatic heterocycles. The molecule has 1 atom stereocenters. The minimum Gasteiger partial charge on any atom is -0.484 e. The first-order valence-corrected chi connectivity index (χ1v) is 11.4. The van der Waals surface area contributed by atoms with Gasteiger partial charge in [0.1, 0.15) is 11.8 Å². The molecule has 0 unspecified atom stereocenters. The standard InChI is InChI=1S/C25H33BrN2O3/c1-6-22(24(30)27-25(3,4)5)28(15-14-19-10-8-7-9-11-19)23(29)17-31-20-12-13-21(26)18(2)16-20/h7-13,16,22H,6,14-15,17H2,1-5H3,(H,27,30)/t22-/m1/s1. The average molecular weight is 489 g/mol.